The molecule has 1 rings (SSSR count). The van der Waals surface area contributed by atoms with E-state index in [0.29, 0.717) is 5.56 Å². The molecule has 3 heteroatoms. The summed E-state index contributed by atoms with van der Waals surface area (Å²) in [4.78, 5) is 11.3. The first kappa shape index (κ1) is 11.4. The minimum absolute atomic E-state index is 0.0760. The lowest BCUT2D eigenvalue weighted by Crippen LogP contribution is -2.11. The molecule has 0 aliphatic carbocycles. The molecule has 3 nitrogen and oxygen atoms in total. The smallest absolute Gasteiger partial charge is 0.207 e. The molecule has 0 saturated heterocycles. The number of ketones is 1. The van der Waals surface area contributed by atoms with Crippen molar-refractivity contribution in [2.75, 3.05) is 0 Å². The molecule has 0 atom stereocenters. The van der Waals surface area contributed by atoms with Gasteiger partial charge in [0.05, 0.1) is 0 Å². The SMILES string of the molecule is CC(C)(C)c1ccc(C(=O)C=NO)cc1. The lowest BCUT2D eigenvalue weighted by molar-refractivity contribution is 0.106. The van der Waals surface area contributed by atoms with Crippen LogP contribution in [0.5, 0.6) is 0 Å². The Hall–Kier alpha value is -1.64. The maximum atomic E-state index is 11.3. The highest BCUT2D eigenvalue weighted by molar-refractivity contribution is 6.35. The summed E-state index contributed by atoms with van der Waals surface area (Å²) in [6.45, 7) is 6.33. The number of rotatable bonds is 2. The first-order chi connectivity index (χ1) is 6.95. The van der Waals surface area contributed by atoms with Crippen LogP contribution in [0.15, 0.2) is 29.4 Å². The van der Waals surface area contributed by atoms with Gasteiger partial charge in [-0.15, -0.1) is 0 Å². The Morgan fingerprint density at radius 2 is 1.80 bits per heavy atom. The van der Waals surface area contributed by atoms with E-state index in [1.807, 2.05) is 12.1 Å². The quantitative estimate of drug-likeness (QED) is 0.349. The molecule has 1 aromatic carbocycles. The van der Waals surface area contributed by atoms with Gasteiger partial charge >= 0.3 is 0 Å². The van der Waals surface area contributed by atoms with Gasteiger partial charge in [-0.25, -0.2) is 0 Å². The van der Waals surface area contributed by atoms with Crippen molar-refractivity contribution in [3.63, 3.8) is 0 Å². The molecule has 0 heterocycles. The van der Waals surface area contributed by atoms with Gasteiger partial charge in [0.1, 0.15) is 6.21 Å². The van der Waals surface area contributed by atoms with Gasteiger partial charge in [-0.05, 0) is 11.0 Å². The van der Waals surface area contributed by atoms with Crippen molar-refractivity contribution in [2.45, 2.75) is 26.2 Å². The summed E-state index contributed by atoms with van der Waals surface area (Å²) >= 11 is 0. The van der Waals surface area contributed by atoms with E-state index in [1.165, 1.54) is 5.56 Å². The zero-order chi connectivity index (χ0) is 11.5. The molecule has 0 amide bonds. The highest BCUT2D eigenvalue weighted by Gasteiger charge is 2.13. The zero-order valence-corrected chi connectivity index (χ0v) is 9.19. The molecule has 0 spiro atoms. The van der Waals surface area contributed by atoms with Crippen LogP contribution >= 0.6 is 0 Å². The third-order valence-corrected chi connectivity index (χ3v) is 2.21. The molecule has 0 aromatic heterocycles. The van der Waals surface area contributed by atoms with Crippen LogP contribution in [0.1, 0.15) is 36.7 Å². The first-order valence-corrected chi connectivity index (χ1v) is 4.77. The van der Waals surface area contributed by atoms with E-state index >= 15 is 0 Å². The van der Waals surface area contributed by atoms with Crippen molar-refractivity contribution in [3.05, 3.63) is 35.4 Å². The van der Waals surface area contributed by atoms with Crippen molar-refractivity contribution in [1.29, 1.82) is 0 Å². The van der Waals surface area contributed by atoms with Gasteiger partial charge in [0, 0.05) is 5.56 Å². The lowest BCUT2D eigenvalue weighted by Gasteiger charge is -2.18. The fourth-order valence-electron chi connectivity index (χ4n) is 1.26. The molecule has 0 aliphatic rings. The van der Waals surface area contributed by atoms with Gasteiger partial charge in [0.2, 0.25) is 5.78 Å². The number of hydrogen-bond donors (Lipinski definition) is 1. The van der Waals surface area contributed by atoms with Crippen molar-refractivity contribution in [1.82, 2.24) is 0 Å². The van der Waals surface area contributed by atoms with Gasteiger partial charge < -0.3 is 5.21 Å². The van der Waals surface area contributed by atoms with Crippen LogP contribution in [0.3, 0.4) is 0 Å². The van der Waals surface area contributed by atoms with Crippen LogP contribution in [-0.4, -0.2) is 17.2 Å². The Morgan fingerprint density at radius 3 is 2.20 bits per heavy atom. The molecule has 0 unspecified atom stereocenters. The predicted molar refractivity (Wildman–Crippen MR) is 59.8 cm³/mol. The second-order valence-electron chi connectivity index (χ2n) is 4.44. The molecular formula is C12H15NO2. The van der Waals surface area contributed by atoms with E-state index < -0.39 is 0 Å². The second-order valence-corrected chi connectivity index (χ2v) is 4.44. The average Bonchev–Trinajstić information content (AvgIpc) is 2.17. The normalized spacial score (nSPS) is 11.9. The number of nitrogens with zero attached hydrogens (tertiary/aromatic N) is 1. The highest BCUT2D eigenvalue weighted by Crippen LogP contribution is 2.22. The summed E-state index contributed by atoms with van der Waals surface area (Å²) in [5.74, 6) is -0.294. The largest absolute Gasteiger partial charge is 0.411 e. The zero-order valence-electron chi connectivity index (χ0n) is 9.19. The topological polar surface area (TPSA) is 49.7 Å². The molecule has 1 aromatic rings. The summed E-state index contributed by atoms with van der Waals surface area (Å²) in [5.41, 5.74) is 1.77. The maximum Gasteiger partial charge on any atom is 0.207 e. The Balaban J connectivity index is 2.95. The number of benzene rings is 1. The van der Waals surface area contributed by atoms with E-state index in [9.17, 15) is 4.79 Å². The van der Waals surface area contributed by atoms with Crippen LogP contribution in [0.25, 0.3) is 0 Å². The number of Topliss-reactive ketones (excluding diaryl/α,β-unsaturated/α-hetero) is 1. The predicted octanol–water partition coefficient (Wildman–Crippen LogP) is 2.63. The molecule has 0 fully saturated rings. The summed E-state index contributed by atoms with van der Waals surface area (Å²) in [6.07, 6.45) is 0.895. The molecule has 1 N–H and O–H groups in total. The maximum absolute atomic E-state index is 11.3. The molecule has 0 aliphatic heterocycles. The van der Waals surface area contributed by atoms with Gasteiger partial charge in [-0.1, -0.05) is 50.2 Å². The molecule has 15 heavy (non-hydrogen) atoms. The highest BCUT2D eigenvalue weighted by atomic mass is 16.4. The van der Waals surface area contributed by atoms with Gasteiger partial charge in [-0.2, -0.15) is 0 Å². The summed E-state index contributed by atoms with van der Waals surface area (Å²) in [7, 11) is 0. The summed E-state index contributed by atoms with van der Waals surface area (Å²) in [6, 6.07) is 7.31. The lowest BCUT2D eigenvalue weighted by atomic mass is 9.86. The van der Waals surface area contributed by atoms with Crippen LogP contribution in [0.2, 0.25) is 0 Å². The third kappa shape index (κ3) is 2.91. The number of oxime groups is 1. The van der Waals surface area contributed by atoms with E-state index in [2.05, 4.69) is 25.9 Å². The van der Waals surface area contributed by atoms with Crippen molar-refractivity contribution in [3.8, 4) is 0 Å². The molecule has 0 bridgehead atoms. The Labute approximate surface area is 89.4 Å². The number of carbonyl (C=O) groups excluding carboxylic acids is 1. The van der Waals surface area contributed by atoms with Crippen molar-refractivity contribution < 1.29 is 10.0 Å². The fraction of sp³-hybridized carbons (Fsp3) is 0.333. The third-order valence-electron chi connectivity index (χ3n) is 2.21. The van der Waals surface area contributed by atoms with E-state index in [4.69, 9.17) is 5.21 Å². The van der Waals surface area contributed by atoms with Gasteiger partial charge in [0.25, 0.3) is 0 Å². The van der Waals surface area contributed by atoms with E-state index in [-0.39, 0.29) is 11.2 Å². The molecule has 0 saturated carbocycles. The van der Waals surface area contributed by atoms with Crippen LogP contribution in [0, 0.1) is 0 Å². The molecule has 0 radical (unpaired) electrons. The van der Waals surface area contributed by atoms with Crippen molar-refractivity contribution in [2.24, 2.45) is 5.16 Å². The van der Waals surface area contributed by atoms with E-state index in [1.54, 1.807) is 12.1 Å². The monoisotopic (exact) mass is 205 g/mol. The minimum atomic E-state index is -0.294. The Morgan fingerprint density at radius 1 is 1.27 bits per heavy atom. The van der Waals surface area contributed by atoms with Crippen molar-refractivity contribution >= 4 is 12.0 Å². The van der Waals surface area contributed by atoms with E-state index in [0.717, 1.165) is 6.21 Å². The van der Waals surface area contributed by atoms with Crippen LogP contribution < -0.4 is 0 Å². The molecule has 80 valence electrons. The van der Waals surface area contributed by atoms with Crippen LogP contribution in [-0.2, 0) is 5.41 Å². The standard InChI is InChI=1S/C12H15NO2/c1-12(2,3)10-6-4-9(5-7-10)11(14)8-13-15/h4-8,15H,1-3H3. The average molecular weight is 205 g/mol. The Kier molecular flexibility index (Phi) is 3.24. The van der Waals surface area contributed by atoms with Gasteiger partial charge in [-0.3, -0.25) is 4.79 Å². The summed E-state index contributed by atoms with van der Waals surface area (Å²) < 4.78 is 0. The fourth-order valence-corrected chi connectivity index (χ4v) is 1.26. The number of carbonyl (C=O) groups is 1. The minimum Gasteiger partial charge on any atom is -0.411 e. The van der Waals surface area contributed by atoms with Gasteiger partial charge in [0.15, 0.2) is 0 Å². The van der Waals surface area contributed by atoms with Crippen LogP contribution in [0.4, 0.5) is 0 Å². The first-order valence-electron chi connectivity index (χ1n) is 4.77. The second kappa shape index (κ2) is 4.26. The summed E-state index contributed by atoms with van der Waals surface area (Å²) in [5, 5.41) is 10.9. The molecular weight excluding hydrogens is 190 g/mol. The Bertz CT molecular complexity index is 372. The number of hydrogen-bond acceptors (Lipinski definition) is 3.